The number of aromatic hydroxyl groups is 1. The van der Waals surface area contributed by atoms with E-state index in [0.717, 1.165) is 16.7 Å². The minimum atomic E-state index is -1.17. The number of aliphatic hydroxyl groups excluding tert-OH is 1. The molecule has 2 amide bonds. The summed E-state index contributed by atoms with van der Waals surface area (Å²) in [5, 5.41) is 29.5. The number of hydrogen-bond donors (Lipinski definition) is 4. The maximum Gasteiger partial charge on any atom is 0.329 e. The monoisotopic (exact) mass is 842 g/mol. The van der Waals surface area contributed by atoms with Crippen molar-refractivity contribution in [3.8, 4) is 28.7 Å². The van der Waals surface area contributed by atoms with Crippen LogP contribution in [0.15, 0.2) is 42.5 Å². The number of carbonyl (C=O) groups excluding carboxylic acids is 4. The standard InChI is InChI=1S/C44H50N4O11S/c1-20(2)33(46-29(50)14-13-24-11-9-8-10-12-24)42(52)45-26-18-60-41-32-31(40-39(57-19-58-40)22(4)38(32)59-23(5)49)28(17-56-44(26)54)48-35(41)34-30-25(16-27(43(48)53)47(34)6)15-21(3)37(55-7)36(30)51/h8-15,20,26-28,33-35,41,43,51,53H,16-19H2,1-7H3,(H,45,52)(H,46,50)/t26-,27-,28-,33?,34+,35?,41+,43-/m0/s1. The first-order chi connectivity index (χ1) is 28.7. The summed E-state index contributed by atoms with van der Waals surface area (Å²) in [4.78, 5) is 58.1. The van der Waals surface area contributed by atoms with E-state index in [2.05, 4.69) is 15.5 Å². The molecular formula is C44H50N4O11S. The molecule has 6 aliphatic rings. The fourth-order valence-corrected chi connectivity index (χ4v) is 11.1. The van der Waals surface area contributed by atoms with Crippen LogP contribution in [-0.4, -0.2) is 107 Å². The molecule has 0 aromatic heterocycles. The van der Waals surface area contributed by atoms with Crippen LogP contribution in [0.5, 0.6) is 28.7 Å². The minimum Gasteiger partial charge on any atom is -0.504 e. The lowest BCUT2D eigenvalue weighted by atomic mass is 9.73. The Morgan fingerprint density at radius 3 is 2.47 bits per heavy atom. The van der Waals surface area contributed by atoms with Gasteiger partial charge in [-0.05, 0) is 56.0 Å². The zero-order valence-corrected chi connectivity index (χ0v) is 35.3. The molecule has 4 N–H and O–H groups in total. The predicted octanol–water partition coefficient (Wildman–Crippen LogP) is 4.00. The van der Waals surface area contributed by atoms with Crippen LogP contribution in [-0.2, 0) is 30.3 Å². The largest absolute Gasteiger partial charge is 0.504 e. The number of methoxy groups -OCH3 is 1. The Kier molecular flexibility index (Phi) is 11.3. The summed E-state index contributed by atoms with van der Waals surface area (Å²) in [7, 11) is 3.42. The molecule has 2 saturated heterocycles. The van der Waals surface area contributed by atoms with Crippen molar-refractivity contribution in [3.05, 3.63) is 81.4 Å². The molecule has 3 aromatic rings. The number of carbonyl (C=O) groups is 4. The quantitative estimate of drug-likeness (QED) is 0.145. The van der Waals surface area contributed by atoms with Crippen LogP contribution in [0.4, 0.5) is 0 Å². The van der Waals surface area contributed by atoms with Gasteiger partial charge in [0.2, 0.25) is 18.6 Å². The topological polar surface area (TPSA) is 185 Å². The molecular weight excluding hydrogens is 793 g/mol. The van der Waals surface area contributed by atoms with E-state index in [0.29, 0.717) is 45.9 Å². The van der Waals surface area contributed by atoms with Gasteiger partial charge in [-0.1, -0.05) is 50.2 Å². The number of aliphatic hydroxyl groups is 1. The van der Waals surface area contributed by atoms with Crippen molar-refractivity contribution < 1.29 is 53.1 Å². The van der Waals surface area contributed by atoms with Gasteiger partial charge in [-0.2, -0.15) is 0 Å². The number of fused-ring (bicyclic) bond motifs is 10. The Hall–Kier alpha value is -5.29. The molecule has 16 heteroatoms. The van der Waals surface area contributed by atoms with Gasteiger partial charge in [0, 0.05) is 47.0 Å². The molecule has 2 unspecified atom stereocenters. The number of phenols is 1. The third-order valence-electron chi connectivity index (χ3n) is 12.3. The summed E-state index contributed by atoms with van der Waals surface area (Å²) in [6.07, 6.45) is 2.33. The minimum absolute atomic E-state index is 0.00337. The second-order valence-corrected chi connectivity index (χ2v) is 17.4. The maximum absolute atomic E-state index is 14.1. The number of likely N-dealkylation sites (N-methyl/N-ethyl adjacent to an activating group) is 1. The molecule has 9 rings (SSSR count). The van der Waals surface area contributed by atoms with Crippen LogP contribution in [0.2, 0.25) is 0 Å². The van der Waals surface area contributed by atoms with Gasteiger partial charge in [0.15, 0.2) is 23.0 Å². The van der Waals surface area contributed by atoms with E-state index in [1.54, 1.807) is 26.8 Å². The Morgan fingerprint density at radius 1 is 1.03 bits per heavy atom. The summed E-state index contributed by atoms with van der Waals surface area (Å²) in [5.74, 6) is -1.27. The number of ether oxygens (including phenoxy) is 5. The molecule has 4 bridgehead atoms. The first-order valence-electron chi connectivity index (χ1n) is 20.0. The highest BCUT2D eigenvalue weighted by molar-refractivity contribution is 7.99. The van der Waals surface area contributed by atoms with Crippen molar-refractivity contribution >= 4 is 41.6 Å². The first kappa shape index (κ1) is 41.4. The third-order valence-corrected chi connectivity index (χ3v) is 13.7. The van der Waals surface area contributed by atoms with E-state index < -0.39 is 71.5 Å². The van der Waals surface area contributed by atoms with Crippen molar-refractivity contribution in [2.45, 2.75) is 88.8 Å². The number of piperazine rings is 1. The third kappa shape index (κ3) is 7.02. The summed E-state index contributed by atoms with van der Waals surface area (Å²) < 4.78 is 30.0. The number of rotatable bonds is 8. The van der Waals surface area contributed by atoms with Crippen LogP contribution in [0.25, 0.3) is 6.08 Å². The molecule has 0 spiro atoms. The second-order valence-electron chi connectivity index (χ2n) is 16.3. The summed E-state index contributed by atoms with van der Waals surface area (Å²) >= 11 is 1.32. The molecule has 2 fully saturated rings. The number of benzene rings is 3. The molecule has 8 atom stereocenters. The van der Waals surface area contributed by atoms with E-state index >= 15 is 0 Å². The zero-order chi connectivity index (χ0) is 42.7. The number of phenolic OH excluding ortho intramolecular Hbond substituents is 1. The number of thioether (sulfide) groups is 1. The van der Waals surface area contributed by atoms with Crippen molar-refractivity contribution in [1.29, 1.82) is 0 Å². The number of esters is 2. The van der Waals surface area contributed by atoms with E-state index in [1.165, 1.54) is 31.9 Å². The van der Waals surface area contributed by atoms with Crippen molar-refractivity contribution in [2.24, 2.45) is 5.92 Å². The van der Waals surface area contributed by atoms with Gasteiger partial charge in [0.25, 0.3) is 0 Å². The lowest BCUT2D eigenvalue weighted by Gasteiger charge is -2.62. The van der Waals surface area contributed by atoms with Crippen LogP contribution in [0.1, 0.15) is 77.0 Å². The highest BCUT2D eigenvalue weighted by Gasteiger charge is 2.60. The van der Waals surface area contributed by atoms with Gasteiger partial charge in [-0.15, -0.1) is 11.8 Å². The lowest BCUT2D eigenvalue weighted by Crippen LogP contribution is -2.69. The van der Waals surface area contributed by atoms with Gasteiger partial charge in [-0.25, -0.2) is 4.79 Å². The van der Waals surface area contributed by atoms with Gasteiger partial charge in [0.05, 0.1) is 30.5 Å². The number of nitrogens with one attached hydrogen (secondary N) is 2. The lowest BCUT2D eigenvalue weighted by molar-refractivity contribution is -0.184. The SMILES string of the molecule is COc1c(C)cc2c(c1O)[C@@H]1C3[C@@H]4SC[C@H](NC(=O)C(NC(=O)C=Cc5ccccc5)C(C)C)C(=O)OC[C@@H](c5c6c(c(C)c(OC(C)=O)c54)OCO6)N3[C@@H](O)[C@H](C2)N1C. The summed E-state index contributed by atoms with van der Waals surface area (Å²) in [6.45, 7) is 8.18. The van der Waals surface area contributed by atoms with E-state index in [9.17, 15) is 29.4 Å². The molecule has 318 valence electrons. The molecule has 60 heavy (non-hydrogen) atoms. The smallest absolute Gasteiger partial charge is 0.329 e. The number of aryl methyl sites for hydroxylation is 1. The fourth-order valence-electron chi connectivity index (χ4n) is 9.61. The molecule has 6 heterocycles. The number of nitrogens with zero attached hydrogens (tertiary/aromatic N) is 2. The zero-order valence-electron chi connectivity index (χ0n) is 34.5. The maximum atomic E-state index is 14.1. The predicted molar refractivity (Wildman–Crippen MR) is 221 cm³/mol. The highest BCUT2D eigenvalue weighted by Crippen LogP contribution is 2.63. The van der Waals surface area contributed by atoms with Gasteiger partial charge in [-0.3, -0.25) is 24.2 Å². The summed E-state index contributed by atoms with van der Waals surface area (Å²) in [6, 6.07) is 6.66. The number of amides is 2. The molecule has 6 aliphatic heterocycles. The fraction of sp³-hybridized carbons (Fsp3) is 0.455. The molecule has 15 nitrogen and oxygen atoms in total. The Balaban J connectivity index is 1.22. The molecule has 0 radical (unpaired) electrons. The van der Waals surface area contributed by atoms with Gasteiger partial charge in [0.1, 0.15) is 30.7 Å². The van der Waals surface area contributed by atoms with Crippen LogP contribution in [0, 0.1) is 19.8 Å². The van der Waals surface area contributed by atoms with Gasteiger partial charge >= 0.3 is 11.9 Å². The van der Waals surface area contributed by atoms with Crippen LogP contribution >= 0.6 is 11.8 Å². The molecule has 0 aliphatic carbocycles. The van der Waals surface area contributed by atoms with E-state index in [1.807, 2.05) is 55.3 Å². The van der Waals surface area contributed by atoms with Crippen molar-refractivity contribution in [2.75, 3.05) is 33.3 Å². The van der Waals surface area contributed by atoms with Crippen LogP contribution < -0.4 is 29.6 Å². The normalized spacial score (nSPS) is 26.1. The summed E-state index contributed by atoms with van der Waals surface area (Å²) in [5.41, 5.74) is 4.79. The Morgan fingerprint density at radius 2 is 1.77 bits per heavy atom. The van der Waals surface area contributed by atoms with E-state index in [-0.39, 0.29) is 36.6 Å². The Bertz CT molecular complexity index is 2270. The first-order valence-corrected chi connectivity index (χ1v) is 21.1. The Labute approximate surface area is 352 Å². The molecule has 0 saturated carbocycles. The average molecular weight is 843 g/mol. The number of hydrogen-bond acceptors (Lipinski definition) is 14. The highest BCUT2D eigenvalue weighted by atomic mass is 32.2. The van der Waals surface area contributed by atoms with Crippen molar-refractivity contribution in [3.63, 3.8) is 0 Å². The second kappa shape index (κ2) is 16.3. The molecule has 3 aromatic carbocycles. The van der Waals surface area contributed by atoms with Gasteiger partial charge < -0.3 is 44.5 Å². The van der Waals surface area contributed by atoms with Crippen molar-refractivity contribution in [1.82, 2.24) is 20.4 Å². The van der Waals surface area contributed by atoms with Crippen LogP contribution in [0.3, 0.4) is 0 Å². The van der Waals surface area contributed by atoms with E-state index in [4.69, 9.17) is 23.7 Å². The average Bonchev–Trinajstić information content (AvgIpc) is 3.71.